The first-order chi connectivity index (χ1) is 7.66. The van der Waals surface area contributed by atoms with Gasteiger partial charge in [-0.25, -0.2) is 9.37 Å². The summed E-state index contributed by atoms with van der Waals surface area (Å²) in [5, 5.41) is 0.437. The Kier molecular flexibility index (Phi) is 3.01. The SMILES string of the molecule is Fc1cccc(Oc2ccc(Cl)cn2)c1F. The van der Waals surface area contributed by atoms with Gasteiger partial charge in [0.05, 0.1) is 5.02 Å². The molecule has 0 saturated heterocycles. The lowest BCUT2D eigenvalue weighted by Crippen LogP contribution is -1.92. The van der Waals surface area contributed by atoms with Gasteiger partial charge in [0.1, 0.15) is 0 Å². The number of benzene rings is 1. The largest absolute Gasteiger partial charge is 0.436 e. The summed E-state index contributed by atoms with van der Waals surface area (Å²) in [6.07, 6.45) is 1.36. The molecule has 5 heteroatoms. The molecule has 82 valence electrons. The Hall–Kier alpha value is -1.68. The Labute approximate surface area is 95.5 Å². The van der Waals surface area contributed by atoms with Crippen molar-refractivity contribution in [1.82, 2.24) is 4.98 Å². The normalized spacial score (nSPS) is 10.2. The minimum Gasteiger partial charge on any atom is -0.436 e. The van der Waals surface area contributed by atoms with Crippen molar-refractivity contribution >= 4 is 11.6 Å². The summed E-state index contributed by atoms with van der Waals surface area (Å²) in [5.41, 5.74) is 0. The second-order valence-electron chi connectivity index (χ2n) is 2.97. The summed E-state index contributed by atoms with van der Waals surface area (Å²) >= 11 is 5.62. The van der Waals surface area contributed by atoms with Crippen LogP contribution in [0.15, 0.2) is 36.5 Å². The average molecular weight is 242 g/mol. The summed E-state index contributed by atoms with van der Waals surface area (Å²) in [4.78, 5) is 3.80. The van der Waals surface area contributed by atoms with Crippen LogP contribution in [0.3, 0.4) is 0 Å². The number of ether oxygens (including phenoxy) is 1. The third-order valence-electron chi connectivity index (χ3n) is 1.83. The molecule has 0 aliphatic heterocycles. The summed E-state index contributed by atoms with van der Waals surface area (Å²) in [6.45, 7) is 0. The van der Waals surface area contributed by atoms with Crippen LogP contribution in [0, 0.1) is 11.6 Å². The fourth-order valence-corrected chi connectivity index (χ4v) is 1.21. The Morgan fingerprint density at radius 1 is 1.12 bits per heavy atom. The van der Waals surface area contributed by atoms with Crippen molar-refractivity contribution in [3.63, 3.8) is 0 Å². The van der Waals surface area contributed by atoms with Gasteiger partial charge in [-0.05, 0) is 18.2 Å². The predicted molar refractivity (Wildman–Crippen MR) is 55.7 cm³/mol. The van der Waals surface area contributed by atoms with Crippen molar-refractivity contribution in [1.29, 1.82) is 0 Å². The van der Waals surface area contributed by atoms with Crippen molar-refractivity contribution in [3.8, 4) is 11.6 Å². The monoisotopic (exact) mass is 241 g/mol. The van der Waals surface area contributed by atoms with Gasteiger partial charge in [-0.15, -0.1) is 0 Å². The van der Waals surface area contributed by atoms with Crippen LogP contribution < -0.4 is 4.74 Å². The van der Waals surface area contributed by atoms with Crippen LogP contribution in [0.4, 0.5) is 8.78 Å². The molecule has 1 aromatic carbocycles. The van der Waals surface area contributed by atoms with Gasteiger partial charge in [-0.1, -0.05) is 17.7 Å². The zero-order chi connectivity index (χ0) is 11.5. The van der Waals surface area contributed by atoms with Crippen molar-refractivity contribution in [3.05, 3.63) is 53.2 Å². The zero-order valence-electron chi connectivity index (χ0n) is 7.95. The van der Waals surface area contributed by atoms with E-state index >= 15 is 0 Å². The standard InChI is InChI=1S/C11H6ClF2NO/c12-7-4-5-10(15-6-7)16-9-3-1-2-8(13)11(9)14/h1-6H. The van der Waals surface area contributed by atoms with Crippen molar-refractivity contribution in [2.24, 2.45) is 0 Å². The van der Waals surface area contributed by atoms with E-state index in [1.807, 2.05) is 0 Å². The number of nitrogens with zero attached hydrogens (tertiary/aromatic N) is 1. The van der Waals surface area contributed by atoms with Crippen LogP contribution in [0.1, 0.15) is 0 Å². The average Bonchev–Trinajstić information content (AvgIpc) is 2.28. The number of hydrogen-bond donors (Lipinski definition) is 0. The smallest absolute Gasteiger partial charge is 0.219 e. The molecule has 0 saturated carbocycles. The zero-order valence-corrected chi connectivity index (χ0v) is 8.71. The minimum atomic E-state index is -1.04. The van der Waals surface area contributed by atoms with E-state index in [0.29, 0.717) is 5.02 Å². The van der Waals surface area contributed by atoms with Crippen LogP contribution >= 0.6 is 11.6 Å². The molecule has 0 aliphatic rings. The molecule has 2 nitrogen and oxygen atoms in total. The van der Waals surface area contributed by atoms with Gasteiger partial charge in [0.25, 0.3) is 0 Å². The van der Waals surface area contributed by atoms with Gasteiger partial charge < -0.3 is 4.74 Å². The van der Waals surface area contributed by atoms with Gasteiger partial charge in [0.2, 0.25) is 11.7 Å². The quantitative estimate of drug-likeness (QED) is 0.798. The molecule has 0 unspecified atom stereocenters. The van der Waals surface area contributed by atoms with Gasteiger partial charge in [-0.3, -0.25) is 0 Å². The molecule has 0 aliphatic carbocycles. The first kappa shape index (κ1) is 10.8. The molecule has 2 aromatic rings. The van der Waals surface area contributed by atoms with Crippen molar-refractivity contribution < 1.29 is 13.5 Å². The number of pyridine rings is 1. The van der Waals surface area contributed by atoms with Crippen molar-refractivity contribution in [2.75, 3.05) is 0 Å². The van der Waals surface area contributed by atoms with Gasteiger partial charge >= 0.3 is 0 Å². The number of hydrogen-bond acceptors (Lipinski definition) is 2. The maximum absolute atomic E-state index is 13.2. The fraction of sp³-hybridized carbons (Fsp3) is 0. The molecule has 2 rings (SSSR count). The Balaban J connectivity index is 2.27. The lowest BCUT2D eigenvalue weighted by atomic mass is 10.3. The molecule has 0 radical (unpaired) electrons. The molecular formula is C11H6ClF2NO. The lowest BCUT2D eigenvalue weighted by molar-refractivity contribution is 0.405. The van der Waals surface area contributed by atoms with Gasteiger partial charge in [0, 0.05) is 12.3 Å². The van der Waals surface area contributed by atoms with E-state index in [0.717, 1.165) is 6.07 Å². The second kappa shape index (κ2) is 4.45. The van der Waals surface area contributed by atoms with Crippen LogP contribution in [0.5, 0.6) is 11.6 Å². The van der Waals surface area contributed by atoms with Crippen LogP contribution in [-0.2, 0) is 0 Å². The summed E-state index contributed by atoms with van der Waals surface area (Å²) < 4.78 is 31.1. The highest BCUT2D eigenvalue weighted by Gasteiger charge is 2.09. The third-order valence-corrected chi connectivity index (χ3v) is 2.05. The van der Waals surface area contributed by atoms with E-state index in [2.05, 4.69) is 4.98 Å². The lowest BCUT2D eigenvalue weighted by Gasteiger charge is -2.05. The molecule has 16 heavy (non-hydrogen) atoms. The van der Waals surface area contributed by atoms with E-state index in [1.165, 1.54) is 24.4 Å². The molecule has 0 fully saturated rings. The molecule has 0 N–H and O–H groups in total. The predicted octanol–water partition coefficient (Wildman–Crippen LogP) is 3.81. The summed E-state index contributed by atoms with van der Waals surface area (Å²) in [5.74, 6) is -2.07. The van der Waals surface area contributed by atoms with Crippen LogP contribution in [0.25, 0.3) is 0 Å². The van der Waals surface area contributed by atoms with E-state index in [4.69, 9.17) is 16.3 Å². The maximum Gasteiger partial charge on any atom is 0.219 e. The Morgan fingerprint density at radius 3 is 2.62 bits per heavy atom. The topological polar surface area (TPSA) is 22.1 Å². The van der Waals surface area contributed by atoms with Gasteiger partial charge in [0.15, 0.2) is 11.6 Å². The first-order valence-electron chi connectivity index (χ1n) is 4.40. The highest BCUT2D eigenvalue weighted by molar-refractivity contribution is 6.30. The maximum atomic E-state index is 13.2. The van der Waals surface area contributed by atoms with E-state index in [9.17, 15) is 8.78 Å². The summed E-state index contributed by atoms with van der Waals surface area (Å²) in [7, 11) is 0. The molecule has 0 spiro atoms. The molecular weight excluding hydrogens is 236 g/mol. The molecule has 0 amide bonds. The summed E-state index contributed by atoms with van der Waals surface area (Å²) in [6, 6.07) is 6.68. The molecule has 0 atom stereocenters. The van der Waals surface area contributed by atoms with Crippen LogP contribution in [0.2, 0.25) is 5.02 Å². The molecule has 0 bridgehead atoms. The number of halogens is 3. The van der Waals surface area contributed by atoms with E-state index in [1.54, 1.807) is 6.07 Å². The minimum absolute atomic E-state index is 0.147. The van der Waals surface area contributed by atoms with Gasteiger partial charge in [-0.2, -0.15) is 4.39 Å². The third kappa shape index (κ3) is 2.28. The number of rotatable bonds is 2. The van der Waals surface area contributed by atoms with E-state index in [-0.39, 0.29) is 11.6 Å². The fourth-order valence-electron chi connectivity index (χ4n) is 1.10. The Morgan fingerprint density at radius 2 is 1.94 bits per heavy atom. The van der Waals surface area contributed by atoms with E-state index < -0.39 is 11.6 Å². The highest BCUT2D eigenvalue weighted by atomic mass is 35.5. The second-order valence-corrected chi connectivity index (χ2v) is 3.41. The Bertz CT molecular complexity index is 502. The molecule has 1 heterocycles. The number of aromatic nitrogens is 1. The first-order valence-corrected chi connectivity index (χ1v) is 4.78. The highest BCUT2D eigenvalue weighted by Crippen LogP contribution is 2.24. The van der Waals surface area contributed by atoms with Crippen molar-refractivity contribution in [2.45, 2.75) is 0 Å². The molecule has 1 aromatic heterocycles. The van der Waals surface area contributed by atoms with Crippen LogP contribution in [-0.4, -0.2) is 4.98 Å².